The van der Waals surface area contributed by atoms with Crippen LogP contribution in [0.3, 0.4) is 0 Å². The molecule has 6 rings (SSSR count). The van der Waals surface area contributed by atoms with E-state index in [1.54, 1.807) is 14.2 Å². The number of ketones is 1. The van der Waals surface area contributed by atoms with Crippen molar-refractivity contribution >= 4 is 17.2 Å². The lowest BCUT2D eigenvalue weighted by Gasteiger charge is -2.46. The lowest BCUT2D eigenvalue weighted by Crippen LogP contribution is -2.44. The van der Waals surface area contributed by atoms with Crippen LogP contribution >= 0.6 is 0 Å². The van der Waals surface area contributed by atoms with Crippen molar-refractivity contribution in [2.45, 2.75) is 112 Å². The van der Waals surface area contributed by atoms with E-state index in [0.29, 0.717) is 53.1 Å². The molecule has 2 heterocycles. The van der Waals surface area contributed by atoms with Crippen molar-refractivity contribution in [3.63, 3.8) is 0 Å². The molecule has 2 aliphatic carbocycles. The van der Waals surface area contributed by atoms with Crippen molar-refractivity contribution < 1.29 is 14.3 Å². The molecule has 7 nitrogen and oxygen atoms in total. The van der Waals surface area contributed by atoms with Crippen molar-refractivity contribution in [1.82, 2.24) is 10.6 Å². The molecule has 304 valence electrons. The molecule has 55 heavy (non-hydrogen) atoms. The van der Waals surface area contributed by atoms with Crippen molar-refractivity contribution in [2.24, 2.45) is 21.7 Å². The van der Waals surface area contributed by atoms with E-state index in [0.717, 1.165) is 63.5 Å². The molecule has 0 aromatic heterocycles. The molecule has 0 unspecified atom stereocenters. The Kier molecular flexibility index (Phi) is 14.6. The van der Waals surface area contributed by atoms with Gasteiger partial charge in [0.15, 0.2) is 5.78 Å². The molecule has 2 aromatic rings. The Hall–Kier alpha value is -2.89. The van der Waals surface area contributed by atoms with Crippen molar-refractivity contribution in [3.8, 4) is 11.8 Å². The highest BCUT2D eigenvalue weighted by Gasteiger charge is 2.41. The number of carbonyl (C=O) groups excluding carboxylic acids is 1. The van der Waals surface area contributed by atoms with Crippen LogP contribution in [0.5, 0.6) is 0 Å². The maximum atomic E-state index is 12.7. The Morgan fingerprint density at radius 2 is 1.13 bits per heavy atom. The molecule has 0 atom stereocenters. The number of ether oxygens (including phenoxy) is 2. The zero-order valence-electron chi connectivity index (χ0n) is 36.3. The molecule has 2 aromatic carbocycles. The number of nitrogens with zero attached hydrogens (tertiary/aromatic N) is 2. The molecule has 0 bridgehead atoms. The van der Waals surface area contributed by atoms with E-state index in [4.69, 9.17) is 9.47 Å². The summed E-state index contributed by atoms with van der Waals surface area (Å²) in [5.74, 6) is 7.69. The number of carbonyl (C=O) groups is 1. The summed E-state index contributed by atoms with van der Waals surface area (Å²) in [6.45, 7) is 28.7. The largest absolute Gasteiger partial charge is 0.384 e. The highest BCUT2D eigenvalue weighted by Crippen LogP contribution is 2.54. The Balaban J connectivity index is 0.000000211. The molecule has 2 saturated carbocycles. The SMILES string of the molecule is COCC#Cc1ccc(N2CCNCC2)c(C2CC(C)(C)CC(C)(C)C2)c1.COCCC(=O)c1ccc(N2CCNCC2)c(C2CC(C)(C)CC(C)(C)C2)c1. The summed E-state index contributed by atoms with van der Waals surface area (Å²) in [6, 6.07) is 13.3. The van der Waals surface area contributed by atoms with Crippen LogP contribution in [-0.2, 0) is 9.47 Å². The maximum absolute atomic E-state index is 12.7. The van der Waals surface area contributed by atoms with Gasteiger partial charge in [-0.05, 0) is 120 Å². The molecule has 0 amide bonds. The Bertz CT molecular complexity index is 1610. The maximum Gasteiger partial charge on any atom is 0.165 e. The van der Waals surface area contributed by atoms with Gasteiger partial charge in [0.1, 0.15) is 6.61 Å². The van der Waals surface area contributed by atoms with Crippen LogP contribution in [0, 0.1) is 33.5 Å². The van der Waals surface area contributed by atoms with Crippen LogP contribution in [0.4, 0.5) is 11.4 Å². The number of nitrogens with one attached hydrogen (secondary N) is 2. The number of anilines is 2. The fourth-order valence-corrected chi connectivity index (χ4v) is 11.1. The van der Waals surface area contributed by atoms with Gasteiger partial charge in [-0.25, -0.2) is 0 Å². The fraction of sp³-hybridized carbons (Fsp3) is 0.688. The minimum Gasteiger partial charge on any atom is -0.384 e. The van der Waals surface area contributed by atoms with Crippen molar-refractivity contribution in [3.05, 3.63) is 58.7 Å². The second-order valence-electron chi connectivity index (χ2n) is 20.1. The quantitative estimate of drug-likeness (QED) is 0.196. The third kappa shape index (κ3) is 12.3. The zero-order valence-corrected chi connectivity index (χ0v) is 36.3. The molecule has 7 heteroatoms. The highest BCUT2D eigenvalue weighted by molar-refractivity contribution is 5.96. The van der Waals surface area contributed by atoms with Gasteiger partial charge in [-0.15, -0.1) is 0 Å². The standard InChI is InChI=1S/C24H38N2O2.C24H36N2O/c1-23(2)15-19(16-24(3,4)17-23)20-14-18(22(27)8-13-28-5)6-7-21(20)26-11-9-25-10-12-26;1-23(2)16-20(17-24(3,4)18-23)21-15-19(7-6-14-27-5)8-9-22(21)26-12-10-25-11-13-26/h6-7,14,19,25H,8-13,15-17H2,1-5H3;8-9,15,20,25H,10-14,16-18H2,1-5H3. The summed E-state index contributed by atoms with van der Waals surface area (Å²) in [4.78, 5) is 17.7. The first-order valence-electron chi connectivity index (χ1n) is 21.2. The summed E-state index contributed by atoms with van der Waals surface area (Å²) in [5.41, 5.74) is 9.00. The average Bonchev–Trinajstić information content (AvgIpc) is 3.12. The first kappa shape index (κ1) is 43.2. The van der Waals surface area contributed by atoms with Crippen LogP contribution < -0.4 is 20.4 Å². The third-order valence-corrected chi connectivity index (χ3v) is 12.3. The van der Waals surface area contributed by atoms with Crippen LogP contribution in [0.15, 0.2) is 36.4 Å². The molecule has 0 radical (unpaired) electrons. The van der Waals surface area contributed by atoms with Gasteiger partial charge in [0.25, 0.3) is 0 Å². The van der Waals surface area contributed by atoms with E-state index in [9.17, 15) is 4.79 Å². The highest BCUT2D eigenvalue weighted by atomic mass is 16.5. The molecule has 4 fully saturated rings. The van der Waals surface area contributed by atoms with Crippen molar-refractivity contribution in [1.29, 1.82) is 0 Å². The van der Waals surface area contributed by atoms with Gasteiger partial charge < -0.3 is 29.9 Å². The predicted octanol–water partition coefficient (Wildman–Crippen LogP) is 9.05. The number of piperazine rings is 2. The predicted molar refractivity (Wildman–Crippen MR) is 231 cm³/mol. The van der Waals surface area contributed by atoms with Crippen LogP contribution in [0.2, 0.25) is 0 Å². The van der Waals surface area contributed by atoms with E-state index < -0.39 is 0 Å². The van der Waals surface area contributed by atoms with E-state index in [2.05, 4.69) is 118 Å². The summed E-state index contributed by atoms with van der Waals surface area (Å²) in [7, 11) is 3.35. The number of Topliss-reactive ketones (excluding diaryl/α,β-unsaturated/α-hetero) is 1. The van der Waals surface area contributed by atoms with E-state index in [1.165, 1.54) is 61.0 Å². The number of benzene rings is 2. The van der Waals surface area contributed by atoms with E-state index in [-0.39, 0.29) is 5.78 Å². The molecular formula is C48H74N4O3. The smallest absolute Gasteiger partial charge is 0.165 e. The van der Waals surface area contributed by atoms with E-state index in [1.807, 2.05) is 6.07 Å². The Morgan fingerprint density at radius 1 is 0.673 bits per heavy atom. The van der Waals surface area contributed by atoms with Gasteiger partial charge >= 0.3 is 0 Å². The van der Waals surface area contributed by atoms with Gasteiger partial charge in [0.05, 0.1) is 6.61 Å². The molecular weight excluding hydrogens is 681 g/mol. The Labute approximate surface area is 335 Å². The van der Waals surface area contributed by atoms with Crippen molar-refractivity contribution in [2.75, 3.05) is 89.6 Å². The summed E-state index contributed by atoms with van der Waals surface area (Å²) >= 11 is 0. The zero-order chi connectivity index (χ0) is 39.9. The molecule has 2 N–H and O–H groups in total. The van der Waals surface area contributed by atoms with Gasteiger partial charge in [-0.2, -0.15) is 0 Å². The average molecular weight is 755 g/mol. The van der Waals surface area contributed by atoms with Crippen LogP contribution in [0.25, 0.3) is 0 Å². The first-order chi connectivity index (χ1) is 26.0. The van der Waals surface area contributed by atoms with Gasteiger partial charge in [0.2, 0.25) is 0 Å². The minimum atomic E-state index is 0.185. The van der Waals surface area contributed by atoms with Crippen LogP contribution in [-0.4, -0.2) is 85.6 Å². The number of hydrogen-bond acceptors (Lipinski definition) is 7. The second kappa shape index (κ2) is 18.6. The van der Waals surface area contributed by atoms with Gasteiger partial charge in [-0.3, -0.25) is 4.79 Å². The summed E-state index contributed by atoms with van der Waals surface area (Å²) in [5, 5.41) is 6.93. The summed E-state index contributed by atoms with van der Waals surface area (Å²) in [6.07, 6.45) is 7.88. The normalized spacial score (nSPS) is 22.2. The molecule has 4 aliphatic rings. The third-order valence-electron chi connectivity index (χ3n) is 12.3. The first-order valence-corrected chi connectivity index (χ1v) is 21.2. The molecule has 2 saturated heterocycles. The fourth-order valence-electron chi connectivity index (χ4n) is 11.1. The topological polar surface area (TPSA) is 66.1 Å². The number of rotatable bonds is 9. The second-order valence-corrected chi connectivity index (χ2v) is 20.1. The number of methoxy groups -OCH3 is 2. The number of hydrogen-bond donors (Lipinski definition) is 2. The summed E-state index contributed by atoms with van der Waals surface area (Å²) < 4.78 is 10.2. The van der Waals surface area contributed by atoms with Gasteiger partial charge in [-0.1, -0.05) is 67.2 Å². The lowest BCUT2D eigenvalue weighted by molar-refractivity contribution is 0.0930. The van der Waals surface area contributed by atoms with Gasteiger partial charge in [0, 0.05) is 95.5 Å². The minimum absolute atomic E-state index is 0.185. The Morgan fingerprint density at radius 3 is 1.58 bits per heavy atom. The van der Waals surface area contributed by atoms with Crippen LogP contribution in [0.1, 0.15) is 139 Å². The lowest BCUT2D eigenvalue weighted by atomic mass is 9.60. The monoisotopic (exact) mass is 755 g/mol. The van der Waals surface area contributed by atoms with E-state index >= 15 is 0 Å². The molecule has 2 aliphatic heterocycles. The molecule has 0 spiro atoms.